The highest BCUT2D eigenvalue weighted by Crippen LogP contribution is 2.34. The fourth-order valence-corrected chi connectivity index (χ4v) is 4.63. The molecule has 1 aliphatic heterocycles. The molecule has 0 bridgehead atoms. The van der Waals surface area contributed by atoms with Crippen LogP contribution in [0.25, 0.3) is 0 Å². The van der Waals surface area contributed by atoms with Gasteiger partial charge in [0.1, 0.15) is 5.75 Å². The maximum atomic E-state index is 13.0. The summed E-state index contributed by atoms with van der Waals surface area (Å²) in [5, 5.41) is 0. The zero-order valence-electron chi connectivity index (χ0n) is 16.6. The molecule has 1 fully saturated rings. The maximum absolute atomic E-state index is 13.0. The Morgan fingerprint density at radius 1 is 1.07 bits per heavy atom. The summed E-state index contributed by atoms with van der Waals surface area (Å²) in [5.41, 5.74) is 2.10. The summed E-state index contributed by atoms with van der Waals surface area (Å²) in [6.45, 7) is 3.86. The van der Waals surface area contributed by atoms with Gasteiger partial charge in [0.05, 0.1) is 17.7 Å². The number of benzene rings is 2. The Labute approximate surface area is 170 Å². The first kappa shape index (κ1) is 21.0. The first-order chi connectivity index (χ1) is 13.8. The molecule has 0 radical (unpaired) electrons. The molecule has 1 saturated heterocycles. The third-order valence-electron chi connectivity index (χ3n) is 4.94. The Morgan fingerprint density at radius 3 is 2.24 bits per heavy atom. The van der Waals surface area contributed by atoms with Gasteiger partial charge in [0.25, 0.3) is 0 Å². The SMILES string of the molecule is CC[C@@H](NS(=O)(=O)c1ccc(OC)c(N2C(=O)CCC2=O)c1)c1ccc(C)cc1. The van der Waals surface area contributed by atoms with Crippen LogP contribution >= 0.6 is 0 Å². The topological polar surface area (TPSA) is 92.8 Å². The Bertz CT molecular complexity index is 1020. The van der Waals surface area contributed by atoms with Gasteiger partial charge in [0.15, 0.2) is 0 Å². The second-order valence-corrected chi connectivity index (χ2v) is 8.66. The average molecular weight is 416 g/mol. The monoisotopic (exact) mass is 416 g/mol. The molecule has 2 aromatic rings. The highest BCUT2D eigenvalue weighted by Gasteiger charge is 2.33. The number of carbonyl (C=O) groups excluding carboxylic acids is 2. The van der Waals surface area contributed by atoms with Crippen LogP contribution in [0.4, 0.5) is 5.69 Å². The van der Waals surface area contributed by atoms with Crippen LogP contribution in [-0.4, -0.2) is 27.3 Å². The second-order valence-electron chi connectivity index (χ2n) is 6.95. The highest BCUT2D eigenvalue weighted by atomic mass is 32.2. The van der Waals surface area contributed by atoms with E-state index >= 15 is 0 Å². The Hall–Kier alpha value is -2.71. The number of sulfonamides is 1. The van der Waals surface area contributed by atoms with Gasteiger partial charge in [-0.15, -0.1) is 0 Å². The number of nitrogens with zero attached hydrogens (tertiary/aromatic N) is 1. The van der Waals surface area contributed by atoms with Gasteiger partial charge in [-0.25, -0.2) is 18.0 Å². The summed E-state index contributed by atoms with van der Waals surface area (Å²) < 4.78 is 34.0. The summed E-state index contributed by atoms with van der Waals surface area (Å²) in [4.78, 5) is 25.2. The van der Waals surface area contributed by atoms with Crippen LogP contribution in [-0.2, 0) is 19.6 Å². The average Bonchev–Trinajstić information content (AvgIpc) is 3.04. The molecule has 154 valence electrons. The lowest BCUT2D eigenvalue weighted by molar-refractivity contribution is -0.121. The van der Waals surface area contributed by atoms with E-state index in [0.717, 1.165) is 16.0 Å². The fourth-order valence-electron chi connectivity index (χ4n) is 3.30. The molecular formula is C21H24N2O5S. The number of aryl methyl sites for hydroxylation is 1. The van der Waals surface area contributed by atoms with Gasteiger partial charge in [-0.05, 0) is 37.1 Å². The lowest BCUT2D eigenvalue weighted by Crippen LogP contribution is -2.31. The number of imide groups is 1. The number of ether oxygens (including phenoxy) is 1. The number of anilines is 1. The van der Waals surface area contributed by atoms with E-state index in [1.54, 1.807) is 0 Å². The van der Waals surface area contributed by atoms with Crippen LogP contribution in [0.1, 0.15) is 43.4 Å². The number of carbonyl (C=O) groups is 2. The molecule has 29 heavy (non-hydrogen) atoms. The van der Waals surface area contributed by atoms with E-state index in [2.05, 4.69) is 4.72 Å². The molecule has 8 heteroatoms. The number of nitrogens with one attached hydrogen (secondary N) is 1. The summed E-state index contributed by atoms with van der Waals surface area (Å²) in [6.07, 6.45) is 0.763. The molecule has 0 spiro atoms. The van der Waals surface area contributed by atoms with E-state index in [4.69, 9.17) is 4.74 Å². The van der Waals surface area contributed by atoms with Crippen molar-refractivity contribution in [2.45, 2.75) is 44.0 Å². The molecule has 0 aliphatic carbocycles. The van der Waals surface area contributed by atoms with Gasteiger partial charge < -0.3 is 4.74 Å². The first-order valence-corrected chi connectivity index (χ1v) is 10.9. The smallest absolute Gasteiger partial charge is 0.241 e. The minimum atomic E-state index is -3.90. The van der Waals surface area contributed by atoms with Crippen LogP contribution in [0, 0.1) is 6.92 Å². The van der Waals surface area contributed by atoms with Gasteiger partial charge in [-0.3, -0.25) is 9.59 Å². The van der Waals surface area contributed by atoms with Crippen molar-refractivity contribution in [3.63, 3.8) is 0 Å². The predicted molar refractivity (Wildman–Crippen MR) is 109 cm³/mol. The van der Waals surface area contributed by atoms with E-state index < -0.39 is 16.1 Å². The third-order valence-corrected chi connectivity index (χ3v) is 6.41. The zero-order valence-corrected chi connectivity index (χ0v) is 17.5. The molecule has 1 atom stereocenters. The molecule has 3 rings (SSSR count). The van der Waals surface area contributed by atoms with Crippen LogP contribution in [0.5, 0.6) is 5.75 Å². The number of hydrogen-bond acceptors (Lipinski definition) is 5. The van der Waals surface area contributed by atoms with E-state index in [9.17, 15) is 18.0 Å². The van der Waals surface area contributed by atoms with Crippen molar-refractivity contribution in [1.29, 1.82) is 0 Å². The van der Waals surface area contributed by atoms with Gasteiger partial charge in [0.2, 0.25) is 21.8 Å². The Morgan fingerprint density at radius 2 is 1.69 bits per heavy atom. The lowest BCUT2D eigenvalue weighted by atomic mass is 10.0. The second kappa shape index (κ2) is 8.34. The molecule has 1 N–H and O–H groups in total. The fraction of sp³-hybridized carbons (Fsp3) is 0.333. The zero-order chi connectivity index (χ0) is 21.2. The van der Waals surface area contributed by atoms with Gasteiger partial charge in [-0.1, -0.05) is 36.8 Å². The normalized spacial score (nSPS) is 15.6. The van der Waals surface area contributed by atoms with Crippen molar-refractivity contribution < 1.29 is 22.7 Å². The standard InChI is InChI=1S/C21H24N2O5S/c1-4-17(15-7-5-14(2)6-8-15)22-29(26,27)16-9-10-19(28-3)18(13-16)23-20(24)11-12-21(23)25/h5-10,13,17,22H,4,11-12H2,1-3H3/t17-/m1/s1. The quantitative estimate of drug-likeness (QED) is 0.700. The largest absolute Gasteiger partial charge is 0.495 e. The molecule has 0 unspecified atom stereocenters. The summed E-state index contributed by atoms with van der Waals surface area (Å²) >= 11 is 0. The third kappa shape index (κ3) is 4.33. The lowest BCUT2D eigenvalue weighted by Gasteiger charge is -2.21. The molecule has 1 aliphatic rings. The van der Waals surface area contributed by atoms with Crippen molar-refractivity contribution in [1.82, 2.24) is 4.72 Å². The number of hydrogen-bond donors (Lipinski definition) is 1. The molecule has 1 heterocycles. The molecule has 0 saturated carbocycles. The van der Waals surface area contributed by atoms with Crippen molar-refractivity contribution in [3.05, 3.63) is 53.6 Å². The predicted octanol–water partition coefficient (Wildman–Crippen LogP) is 3.09. The minimum absolute atomic E-state index is 0.0358. The molecule has 0 aromatic heterocycles. The van der Waals surface area contributed by atoms with Crippen LogP contribution < -0.4 is 14.4 Å². The van der Waals surface area contributed by atoms with E-state index in [1.165, 1.54) is 25.3 Å². The molecule has 2 amide bonds. The number of rotatable bonds is 7. The Balaban J connectivity index is 1.96. The van der Waals surface area contributed by atoms with Gasteiger partial charge in [0, 0.05) is 18.9 Å². The van der Waals surface area contributed by atoms with E-state index in [-0.39, 0.29) is 41.0 Å². The number of amides is 2. The highest BCUT2D eigenvalue weighted by molar-refractivity contribution is 7.89. The number of methoxy groups -OCH3 is 1. The summed E-state index contributed by atoms with van der Waals surface area (Å²) in [6, 6.07) is 11.4. The van der Waals surface area contributed by atoms with E-state index in [1.807, 2.05) is 38.1 Å². The maximum Gasteiger partial charge on any atom is 0.241 e. The summed E-state index contributed by atoms with van der Waals surface area (Å²) in [5.74, 6) is -0.484. The Kier molecular flexibility index (Phi) is 6.04. The van der Waals surface area contributed by atoms with Crippen LogP contribution in [0.2, 0.25) is 0 Å². The van der Waals surface area contributed by atoms with Gasteiger partial charge in [-0.2, -0.15) is 0 Å². The first-order valence-electron chi connectivity index (χ1n) is 9.39. The van der Waals surface area contributed by atoms with E-state index in [0.29, 0.717) is 6.42 Å². The van der Waals surface area contributed by atoms with Crippen molar-refractivity contribution in [3.8, 4) is 5.75 Å². The van der Waals surface area contributed by atoms with Crippen molar-refractivity contribution in [2.75, 3.05) is 12.0 Å². The van der Waals surface area contributed by atoms with Crippen molar-refractivity contribution >= 4 is 27.5 Å². The molecule has 7 nitrogen and oxygen atoms in total. The van der Waals surface area contributed by atoms with Gasteiger partial charge >= 0.3 is 0 Å². The minimum Gasteiger partial charge on any atom is -0.495 e. The molecule has 2 aromatic carbocycles. The van der Waals surface area contributed by atoms with Crippen molar-refractivity contribution in [2.24, 2.45) is 0 Å². The molecular weight excluding hydrogens is 392 g/mol. The summed E-state index contributed by atoms with van der Waals surface area (Å²) in [7, 11) is -2.49. The van der Waals surface area contributed by atoms with Crippen LogP contribution in [0.3, 0.4) is 0 Å². The van der Waals surface area contributed by atoms with Crippen LogP contribution in [0.15, 0.2) is 47.4 Å².